The van der Waals surface area contributed by atoms with E-state index in [1.165, 1.54) is 13.1 Å². The van der Waals surface area contributed by atoms with Gasteiger partial charge in [-0.1, -0.05) is 70.2 Å². The number of ether oxygens (including phenoxy) is 2. The molecule has 1 atom stereocenters. The molecule has 4 rings (SSSR count). The molecule has 3 N–H and O–H groups in total. The van der Waals surface area contributed by atoms with Gasteiger partial charge in [-0.3, -0.25) is 5.32 Å². The molecule has 0 radical (unpaired) electrons. The van der Waals surface area contributed by atoms with Gasteiger partial charge in [0.05, 0.1) is 23.6 Å². The zero-order chi connectivity index (χ0) is 37.3. The van der Waals surface area contributed by atoms with Crippen molar-refractivity contribution in [2.75, 3.05) is 12.4 Å². The summed E-state index contributed by atoms with van der Waals surface area (Å²) in [5.41, 5.74) is -2.48. The van der Waals surface area contributed by atoms with E-state index in [0.717, 1.165) is 0 Å². The van der Waals surface area contributed by atoms with Crippen molar-refractivity contribution >= 4 is 11.8 Å². The lowest BCUT2D eigenvalue weighted by molar-refractivity contribution is -0.299. The first kappa shape index (κ1) is 41.2. The number of hydrogen-bond donors (Lipinski definition) is 2. The van der Waals surface area contributed by atoms with Crippen molar-refractivity contribution < 1.29 is 45.0 Å². The van der Waals surface area contributed by atoms with E-state index in [1.807, 2.05) is 13.8 Å². The molecule has 4 bridgehead atoms. The number of pyridine rings is 1. The van der Waals surface area contributed by atoms with Crippen molar-refractivity contribution in [3.8, 4) is 11.6 Å². The maximum absolute atomic E-state index is 15.0. The van der Waals surface area contributed by atoms with Gasteiger partial charge in [-0.05, 0) is 70.5 Å². The summed E-state index contributed by atoms with van der Waals surface area (Å²) >= 11 is 0. The van der Waals surface area contributed by atoms with E-state index < -0.39 is 82.5 Å². The summed E-state index contributed by atoms with van der Waals surface area (Å²) in [4.78, 5) is 16.8. The van der Waals surface area contributed by atoms with Crippen LogP contribution < -0.4 is 11.1 Å². The summed E-state index contributed by atoms with van der Waals surface area (Å²) in [6.07, 6.45) is -8.60. The van der Waals surface area contributed by atoms with Crippen LogP contribution in [0.1, 0.15) is 90.4 Å². The fourth-order valence-electron chi connectivity index (χ4n) is 4.78. The van der Waals surface area contributed by atoms with Crippen molar-refractivity contribution in [1.82, 2.24) is 15.2 Å². The second-order valence-corrected chi connectivity index (χ2v) is 12.6. The summed E-state index contributed by atoms with van der Waals surface area (Å²) in [6.45, 7) is 11.6. The van der Waals surface area contributed by atoms with Crippen molar-refractivity contribution in [1.29, 1.82) is 0 Å². The van der Waals surface area contributed by atoms with Gasteiger partial charge in [0.15, 0.2) is 5.69 Å². The number of halogens is 6. The van der Waals surface area contributed by atoms with Crippen LogP contribution in [0.3, 0.4) is 0 Å². The van der Waals surface area contributed by atoms with E-state index in [4.69, 9.17) is 13.9 Å². The minimum Gasteiger partial charge on any atom is -0.444 e. The van der Waals surface area contributed by atoms with Gasteiger partial charge in [0.25, 0.3) is 11.8 Å². The Morgan fingerprint density at radius 1 is 1.00 bits per heavy atom. The standard InChI is InChI=1S/C31H34F6N4O4.C2H6.CH5N/c1-27(2,3)45-26(42)39-21-16-20(30(32,33)34)22-17-28(4,5)14-10-7-11-15-29(31(35,36)37,43-18-19-12-8-6-9-13-19)25-41-40-24(44-25)23(21)38-22;2*1-2/h6-10,12-13,16H,11,14-15,17-18H2,1-5H3,(H,39,42);1-2H3;2H2,1H3/b10-7-;;. The van der Waals surface area contributed by atoms with Crippen LogP contribution in [0.4, 0.5) is 36.8 Å². The molecule has 1 aliphatic rings. The van der Waals surface area contributed by atoms with Crippen LogP contribution in [0.5, 0.6) is 0 Å². The molecule has 1 amide bonds. The lowest BCUT2D eigenvalue weighted by Gasteiger charge is -2.32. The predicted octanol–water partition coefficient (Wildman–Crippen LogP) is 9.38. The van der Waals surface area contributed by atoms with Crippen molar-refractivity contribution in [3.63, 3.8) is 0 Å². The zero-order valence-corrected chi connectivity index (χ0v) is 29.0. The molecule has 1 aromatic carbocycles. The van der Waals surface area contributed by atoms with Crippen LogP contribution in [0, 0.1) is 5.41 Å². The van der Waals surface area contributed by atoms with Crippen LogP contribution >= 0.6 is 0 Å². The molecule has 3 aromatic rings. The summed E-state index contributed by atoms with van der Waals surface area (Å²) in [6, 6.07) is 8.83. The largest absolute Gasteiger partial charge is 0.444 e. The second-order valence-electron chi connectivity index (χ2n) is 12.6. The number of fused-ring (bicyclic) bond motifs is 5. The highest BCUT2D eigenvalue weighted by Gasteiger charge is 2.61. The molecule has 0 saturated carbocycles. The Balaban J connectivity index is 0.00000201. The molecular weight excluding hydrogens is 656 g/mol. The molecule has 2 aromatic heterocycles. The highest BCUT2D eigenvalue weighted by atomic mass is 19.4. The Morgan fingerprint density at radius 2 is 1.63 bits per heavy atom. The Bertz CT molecular complexity index is 1530. The number of nitrogens with zero attached hydrogens (tertiary/aromatic N) is 3. The molecular formula is C34H45F6N5O4. The first-order valence-corrected chi connectivity index (χ1v) is 15.7. The Morgan fingerprint density at radius 3 is 2.20 bits per heavy atom. The second kappa shape index (κ2) is 16.6. The first-order chi connectivity index (χ1) is 22.8. The number of alkyl halides is 6. The number of anilines is 1. The highest BCUT2D eigenvalue weighted by Crippen LogP contribution is 2.47. The average Bonchev–Trinajstić information content (AvgIpc) is 3.49. The number of carbonyl (C=O) groups is 1. The normalized spacial score (nSPS) is 18.4. The number of amides is 1. The smallest absolute Gasteiger partial charge is 0.426 e. The van der Waals surface area contributed by atoms with Gasteiger partial charge in [-0.25, -0.2) is 9.78 Å². The van der Waals surface area contributed by atoms with Crippen LogP contribution in [-0.4, -0.2) is 40.1 Å². The number of nitrogens with one attached hydrogen (secondary N) is 1. The molecule has 1 unspecified atom stereocenters. The number of allylic oxidation sites excluding steroid dienone is 2. The number of carbonyl (C=O) groups excluding carboxylic acids is 1. The molecule has 3 heterocycles. The quantitative estimate of drug-likeness (QED) is 0.204. The average molecular weight is 702 g/mol. The maximum Gasteiger partial charge on any atom is 0.426 e. The molecule has 272 valence electrons. The third-order valence-corrected chi connectivity index (χ3v) is 6.95. The van der Waals surface area contributed by atoms with Gasteiger partial charge in [0.2, 0.25) is 5.60 Å². The van der Waals surface area contributed by atoms with Crippen LogP contribution in [0.2, 0.25) is 0 Å². The topological polar surface area (TPSA) is 125 Å². The van der Waals surface area contributed by atoms with Crippen LogP contribution in [-0.2, 0) is 34.3 Å². The van der Waals surface area contributed by atoms with Gasteiger partial charge in [0, 0.05) is 0 Å². The zero-order valence-electron chi connectivity index (χ0n) is 29.0. The fourth-order valence-corrected chi connectivity index (χ4v) is 4.78. The number of nitrogens with two attached hydrogens (primary N) is 1. The van der Waals surface area contributed by atoms with Crippen LogP contribution in [0.15, 0.2) is 53.0 Å². The minimum atomic E-state index is -5.05. The molecule has 49 heavy (non-hydrogen) atoms. The molecule has 15 heteroatoms. The maximum atomic E-state index is 15.0. The van der Waals surface area contributed by atoms with E-state index in [1.54, 1.807) is 71.0 Å². The summed E-state index contributed by atoms with van der Waals surface area (Å²) < 4.78 is 104. The molecule has 1 aliphatic heterocycles. The first-order valence-electron chi connectivity index (χ1n) is 15.7. The molecule has 0 aliphatic carbocycles. The van der Waals surface area contributed by atoms with E-state index >= 15 is 0 Å². The fraction of sp³-hybridized carbons (Fsp3) is 0.529. The van der Waals surface area contributed by atoms with Gasteiger partial charge in [-0.2, -0.15) is 26.3 Å². The molecule has 0 saturated heterocycles. The highest BCUT2D eigenvalue weighted by molar-refractivity contribution is 5.89. The van der Waals surface area contributed by atoms with Crippen molar-refractivity contribution in [3.05, 3.63) is 71.3 Å². The van der Waals surface area contributed by atoms with Crippen molar-refractivity contribution in [2.24, 2.45) is 11.1 Å². The van der Waals surface area contributed by atoms with E-state index in [-0.39, 0.29) is 19.3 Å². The lowest BCUT2D eigenvalue weighted by Crippen LogP contribution is -2.45. The van der Waals surface area contributed by atoms with E-state index in [2.05, 4.69) is 26.2 Å². The Hall–Kier alpha value is -3.98. The van der Waals surface area contributed by atoms with Gasteiger partial charge in [-0.15, -0.1) is 10.2 Å². The van der Waals surface area contributed by atoms with E-state index in [0.29, 0.717) is 11.6 Å². The number of rotatable bonds is 4. The lowest BCUT2D eigenvalue weighted by atomic mass is 9.82. The predicted molar refractivity (Wildman–Crippen MR) is 173 cm³/mol. The minimum absolute atomic E-state index is 0.120. The molecule has 9 nitrogen and oxygen atoms in total. The molecule has 0 fully saturated rings. The third-order valence-electron chi connectivity index (χ3n) is 6.95. The summed E-state index contributed by atoms with van der Waals surface area (Å²) in [5.74, 6) is -1.61. The SMILES string of the molecule is CC.CC1(C)C/C=C\CCC(OCc2ccccc2)(C(F)(F)F)c2nnc(o2)-c2nc(c(C(F)(F)F)cc2NC(=O)OC(C)(C)C)C1.CN. The summed E-state index contributed by atoms with van der Waals surface area (Å²) in [5, 5.41) is 9.67. The molecule has 0 spiro atoms. The van der Waals surface area contributed by atoms with Crippen LogP contribution in [0.25, 0.3) is 11.6 Å². The number of aromatic nitrogens is 3. The monoisotopic (exact) mass is 701 g/mol. The number of hydrogen-bond acceptors (Lipinski definition) is 8. The van der Waals surface area contributed by atoms with Gasteiger partial charge in [0.1, 0.15) is 5.60 Å². The summed E-state index contributed by atoms with van der Waals surface area (Å²) in [7, 11) is 1.50. The van der Waals surface area contributed by atoms with Gasteiger partial charge >= 0.3 is 18.4 Å². The Kier molecular flexibility index (Phi) is 14.0. The van der Waals surface area contributed by atoms with E-state index in [9.17, 15) is 31.1 Å². The third kappa shape index (κ3) is 11.0. The number of benzene rings is 1. The Labute approximate surface area is 282 Å². The van der Waals surface area contributed by atoms with Gasteiger partial charge < -0.3 is 19.6 Å². The van der Waals surface area contributed by atoms with Crippen molar-refractivity contribution in [2.45, 2.75) is 104 Å².